The Kier molecular flexibility index (Phi) is 3.46. The second-order valence-corrected chi connectivity index (χ2v) is 5.77. The second-order valence-electron chi connectivity index (χ2n) is 5.77. The Morgan fingerprint density at radius 1 is 0.938 bits per heavy atom. The second kappa shape index (κ2) is 5.03. The minimum absolute atomic E-state index is 0.812. The first-order valence-electron chi connectivity index (χ1n) is 7.10. The molecular weight excluding hydrogens is 198 g/mol. The lowest BCUT2D eigenvalue weighted by Gasteiger charge is -2.24. The summed E-state index contributed by atoms with van der Waals surface area (Å²) >= 11 is 0. The van der Waals surface area contributed by atoms with Crippen molar-refractivity contribution in [2.24, 2.45) is 5.92 Å². The highest BCUT2D eigenvalue weighted by Gasteiger charge is 2.33. The fraction of sp³-hybridized carbons (Fsp3) is 1.00. The molecule has 0 radical (unpaired) electrons. The maximum Gasteiger partial charge on any atom is 0.0235 e. The van der Waals surface area contributed by atoms with Crippen LogP contribution in [-0.4, -0.2) is 61.7 Å². The van der Waals surface area contributed by atoms with E-state index in [4.69, 9.17) is 0 Å². The van der Waals surface area contributed by atoms with Gasteiger partial charge >= 0.3 is 0 Å². The van der Waals surface area contributed by atoms with Gasteiger partial charge in [0, 0.05) is 32.2 Å². The number of likely N-dealkylation sites (tertiary alicyclic amines) is 2. The van der Waals surface area contributed by atoms with Gasteiger partial charge in [-0.25, -0.2) is 0 Å². The Morgan fingerprint density at radius 3 is 2.56 bits per heavy atom. The molecule has 0 amide bonds. The first-order chi connectivity index (χ1) is 7.92. The fourth-order valence-corrected chi connectivity index (χ4v) is 3.61. The lowest BCUT2D eigenvalue weighted by atomic mass is 9.94. The van der Waals surface area contributed by atoms with Gasteiger partial charge in [0.05, 0.1) is 0 Å². The third-order valence-corrected chi connectivity index (χ3v) is 4.61. The summed E-state index contributed by atoms with van der Waals surface area (Å²) in [4.78, 5) is 5.32. The third kappa shape index (κ3) is 2.41. The standard InChI is InChI=1S/C13H25N3/c1-2-7-15(6-1)8-9-16-10-12-4-3-5-14-13(12)11-16/h12-14H,1-11H2/t12-,13+/m0/s1. The van der Waals surface area contributed by atoms with E-state index in [0.29, 0.717) is 0 Å². The highest BCUT2D eigenvalue weighted by atomic mass is 15.2. The van der Waals surface area contributed by atoms with Gasteiger partial charge in [-0.15, -0.1) is 0 Å². The molecule has 3 heterocycles. The van der Waals surface area contributed by atoms with Crippen LogP contribution in [0.4, 0.5) is 0 Å². The van der Waals surface area contributed by atoms with Crippen LogP contribution in [0.25, 0.3) is 0 Å². The van der Waals surface area contributed by atoms with E-state index in [9.17, 15) is 0 Å². The molecule has 16 heavy (non-hydrogen) atoms. The Hall–Kier alpha value is -0.120. The highest BCUT2D eigenvalue weighted by Crippen LogP contribution is 2.24. The topological polar surface area (TPSA) is 18.5 Å². The van der Waals surface area contributed by atoms with Crippen LogP contribution in [0.1, 0.15) is 25.7 Å². The minimum atomic E-state index is 0.812. The number of fused-ring (bicyclic) bond motifs is 1. The fourth-order valence-electron chi connectivity index (χ4n) is 3.61. The van der Waals surface area contributed by atoms with Crippen molar-refractivity contribution in [2.75, 3.05) is 45.8 Å². The number of piperidine rings is 1. The quantitative estimate of drug-likeness (QED) is 0.762. The molecule has 0 bridgehead atoms. The van der Waals surface area contributed by atoms with Gasteiger partial charge < -0.3 is 15.1 Å². The molecule has 0 saturated carbocycles. The van der Waals surface area contributed by atoms with Gasteiger partial charge in [0.25, 0.3) is 0 Å². The predicted octanol–water partition coefficient (Wildman–Crippen LogP) is 0.766. The van der Waals surface area contributed by atoms with E-state index in [1.54, 1.807) is 0 Å². The van der Waals surface area contributed by atoms with Crippen LogP contribution < -0.4 is 5.32 Å². The van der Waals surface area contributed by atoms with Crippen molar-refractivity contribution < 1.29 is 0 Å². The Bertz CT molecular complexity index is 211. The van der Waals surface area contributed by atoms with E-state index in [1.807, 2.05) is 0 Å². The van der Waals surface area contributed by atoms with Gasteiger partial charge in [-0.1, -0.05) is 0 Å². The molecule has 1 N–H and O–H groups in total. The molecule has 0 aromatic carbocycles. The van der Waals surface area contributed by atoms with E-state index in [-0.39, 0.29) is 0 Å². The smallest absolute Gasteiger partial charge is 0.0235 e. The van der Waals surface area contributed by atoms with Gasteiger partial charge in [0.15, 0.2) is 0 Å². The van der Waals surface area contributed by atoms with Crippen LogP contribution in [0.5, 0.6) is 0 Å². The van der Waals surface area contributed by atoms with E-state index in [0.717, 1.165) is 12.0 Å². The van der Waals surface area contributed by atoms with Crippen molar-refractivity contribution in [1.82, 2.24) is 15.1 Å². The molecule has 2 atom stereocenters. The summed E-state index contributed by atoms with van der Waals surface area (Å²) in [5.41, 5.74) is 0. The van der Waals surface area contributed by atoms with Crippen LogP contribution in [0.3, 0.4) is 0 Å². The van der Waals surface area contributed by atoms with Gasteiger partial charge in [-0.3, -0.25) is 0 Å². The molecule has 0 aromatic rings. The van der Waals surface area contributed by atoms with Crippen molar-refractivity contribution in [3.8, 4) is 0 Å². The lowest BCUT2D eigenvalue weighted by molar-refractivity contribution is 0.251. The Labute approximate surface area is 99.2 Å². The molecule has 3 heteroatoms. The zero-order chi connectivity index (χ0) is 10.8. The summed E-state index contributed by atoms with van der Waals surface area (Å²) in [6, 6.07) is 0.812. The Morgan fingerprint density at radius 2 is 1.75 bits per heavy atom. The van der Waals surface area contributed by atoms with Crippen LogP contribution in [0, 0.1) is 5.92 Å². The molecule has 0 spiro atoms. The van der Waals surface area contributed by atoms with Crippen LogP contribution >= 0.6 is 0 Å². The Balaban J connectivity index is 1.42. The maximum absolute atomic E-state index is 3.68. The first-order valence-corrected chi connectivity index (χ1v) is 7.10. The number of hydrogen-bond acceptors (Lipinski definition) is 3. The lowest BCUT2D eigenvalue weighted by Crippen LogP contribution is -2.41. The maximum atomic E-state index is 3.68. The normalized spacial score (nSPS) is 36.8. The monoisotopic (exact) mass is 223 g/mol. The molecular formula is C13H25N3. The van der Waals surface area contributed by atoms with E-state index in [2.05, 4.69) is 15.1 Å². The zero-order valence-corrected chi connectivity index (χ0v) is 10.3. The van der Waals surface area contributed by atoms with Gasteiger partial charge in [-0.2, -0.15) is 0 Å². The number of nitrogens with one attached hydrogen (secondary N) is 1. The number of nitrogens with zero attached hydrogens (tertiary/aromatic N) is 2. The summed E-state index contributed by atoms with van der Waals surface area (Å²) in [5.74, 6) is 0.951. The van der Waals surface area contributed by atoms with Crippen LogP contribution in [-0.2, 0) is 0 Å². The van der Waals surface area contributed by atoms with Crippen molar-refractivity contribution in [2.45, 2.75) is 31.7 Å². The first kappa shape index (κ1) is 11.0. The van der Waals surface area contributed by atoms with E-state index in [1.165, 1.54) is 71.5 Å². The third-order valence-electron chi connectivity index (χ3n) is 4.61. The van der Waals surface area contributed by atoms with Crippen LogP contribution in [0.15, 0.2) is 0 Å². The van der Waals surface area contributed by atoms with Gasteiger partial charge in [0.1, 0.15) is 0 Å². The SMILES string of the molecule is C1CN[C@@H]2CN(CCN3CCCC3)C[C@@H]2C1. The zero-order valence-electron chi connectivity index (χ0n) is 10.3. The number of rotatable bonds is 3. The van der Waals surface area contributed by atoms with E-state index >= 15 is 0 Å². The van der Waals surface area contributed by atoms with Crippen molar-refractivity contribution in [3.05, 3.63) is 0 Å². The molecule has 92 valence electrons. The highest BCUT2D eigenvalue weighted by molar-refractivity contribution is 4.91. The molecule has 0 unspecified atom stereocenters. The molecule has 3 rings (SSSR count). The minimum Gasteiger partial charge on any atom is -0.312 e. The molecule has 3 aliphatic heterocycles. The molecule has 3 nitrogen and oxygen atoms in total. The van der Waals surface area contributed by atoms with E-state index < -0.39 is 0 Å². The van der Waals surface area contributed by atoms with Crippen molar-refractivity contribution in [1.29, 1.82) is 0 Å². The molecule has 3 fully saturated rings. The van der Waals surface area contributed by atoms with Gasteiger partial charge in [0.2, 0.25) is 0 Å². The predicted molar refractivity (Wildman–Crippen MR) is 66.6 cm³/mol. The van der Waals surface area contributed by atoms with Crippen molar-refractivity contribution in [3.63, 3.8) is 0 Å². The van der Waals surface area contributed by atoms with Gasteiger partial charge in [-0.05, 0) is 51.2 Å². The number of hydrogen-bond donors (Lipinski definition) is 1. The summed E-state index contributed by atoms with van der Waals surface area (Å²) in [6.07, 6.45) is 5.69. The summed E-state index contributed by atoms with van der Waals surface area (Å²) in [5, 5.41) is 3.68. The molecule has 3 aliphatic rings. The molecule has 0 aliphatic carbocycles. The largest absolute Gasteiger partial charge is 0.312 e. The van der Waals surface area contributed by atoms with Crippen molar-refractivity contribution >= 4 is 0 Å². The summed E-state index contributed by atoms with van der Waals surface area (Å²) < 4.78 is 0. The molecule has 0 aromatic heterocycles. The summed E-state index contributed by atoms with van der Waals surface area (Å²) in [6.45, 7) is 9.21. The summed E-state index contributed by atoms with van der Waals surface area (Å²) in [7, 11) is 0. The molecule has 3 saturated heterocycles. The van der Waals surface area contributed by atoms with Crippen LogP contribution in [0.2, 0.25) is 0 Å². The average molecular weight is 223 g/mol. The average Bonchev–Trinajstić information content (AvgIpc) is 2.95.